The van der Waals surface area contributed by atoms with Crippen molar-refractivity contribution in [3.63, 3.8) is 0 Å². The van der Waals surface area contributed by atoms with Crippen molar-refractivity contribution in [1.29, 1.82) is 0 Å². The molecule has 0 N–H and O–H groups in total. The van der Waals surface area contributed by atoms with Crippen LogP contribution in [0.15, 0.2) is 194 Å². The summed E-state index contributed by atoms with van der Waals surface area (Å²) in [5.74, 6) is 0.709. The zero-order valence-electron chi connectivity index (χ0n) is 31.4. The molecule has 0 saturated carbocycles. The molecular formula is C56H32N2. The molecule has 0 bridgehead atoms. The quantitative estimate of drug-likeness (QED) is 0.169. The molecule has 2 nitrogen and oxygen atoms in total. The van der Waals surface area contributed by atoms with Gasteiger partial charge in [-0.15, -0.1) is 0 Å². The molecule has 0 amide bonds. The molecule has 0 spiro atoms. The first kappa shape index (κ1) is 31.5. The standard InChI is InChI=1S/C56H32N2/c1-2-11-36(12-3-1)56-57-50(37-27-28-44-42-18-5-4-16-40(42)41-17-6-7-19-43(41)48(44)30-37)32-51(58-56)39-29-38-26-25-35-14-9-21-46-45-20-8-13-33-23-24-34-15-10-22-47(54(34)52(33)45)49(31-39)55(38)53(35)46/h1-32H. The highest BCUT2D eigenvalue weighted by Crippen LogP contribution is 2.45. The second-order valence-corrected chi connectivity index (χ2v) is 15.6. The van der Waals surface area contributed by atoms with Crippen LogP contribution in [0.2, 0.25) is 0 Å². The van der Waals surface area contributed by atoms with Crippen LogP contribution in [-0.4, -0.2) is 9.97 Å². The molecular weight excluding hydrogens is 701 g/mol. The summed E-state index contributed by atoms with van der Waals surface area (Å²) in [6, 6.07) is 71.1. The van der Waals surface area contributed by atoms with Crippen LogP contribution in [0.3, 0.4) is 0 Å². The van der Waals surface area contributed by atoms with Gasteiger partial charge in [-0.25, -0.2) is 9.97 Å². The Morgan fingerprint density at radius 3 is 1.24 bits per heavy atom. The lowest BCUT2D eigenvalue weighted by atomic mass is 9.87. The summed E-state index contributed by atoms with van der Waals surface area (Å²) in [6.07, 6.45) is 0. The fraction of sp³-hybridized carbons (Fsp3) is 0. The van der Waals surface area contributed by atoms with Crippen LogP contribution >= 0.6 is 0 Å². The molecule has 0 radical (unpaired) electrons. The predicted octanol–water partition coefficient (Wildman–Crippen LogP) is 15.3. The van der Waals surface area contributed by atoms with Crippen molar-refractivity contribution in [2.24, 2.45) is 0 Å². The molecule has 0 unspecified atom stereocenters. The van der Waals surface area contributed by atoms with Gasteiger partial charge in [0.1, 0.15) is 0 Å². The van der Waals surface area contributed by atoms with Crippen molar-refractivity contribution in [1.82, 2.24) is 9.97 Å². The van der Waals surface area contributed by atoms with Crippen molar-refractivity contribution >= 4 is 97.0 Å². The number of hydrogen-bond acceptors (Lipinski definition) is 2. The lowest BCUT2D eigenvalue weighted by Gasteiger charge is -2.17. The molecule has 0 saturated heterocycles. The van der Waals surface area contributed by atoms with E-state index in [1.165, 1.54) is 97.0 Å². The largest absolute Gasteiger partial charge is 0.228 e. The topological polar surface area (TPSA) is 25.8 Å². The Morgan fingerprint density at radius 1 is 0.224 bits per heavy atom. The van der Waals surface area contributed by atoms with E-state index in [1.54, 1.807) is 0 Å². The Hall–Kier alpha value is -7.68. The molecule has 13 rings (SSSR count). The van der Waals surface area contributed by atoms with E-state index in [0.717, 1.165) is 28.1 Å². The molecule has 0 atom stereocenters. The van der Waals surface area contributed by atoms with Crippen LogP contribution in [0.4, 0.5) is 0 Å². The van der Waals surface area contributed by atoms with E-state index < -0.39 is 0 Å². The summed E-state index contributed by atoms with van der Waals surface area (Å²) in [4.78, 5) is 10.7. The number of aromatic nitrogens is 2. The Kier molecular flexibility index (Phi) is 6.47. The summed E-state index contributed by atoms with van der Waals surface area (Å²) < 4.78 is 0. The molecule has 0 aliphatic carbocycles. The van der Waals surface area contributed by atoms with Gasteiger partial charge in [-0.1, -0.05) is 170 Å². The summed E-state index contributed by atoms with van der Waals surface area (Å²) in [5, 5.41) is 22.7. The number of hydrogen-bond donors (Lipinski definition) is 0. The van der Waals surface area contributed by atoms with Crippen molar-refractivity contribution in [2.75, 3.05) is 0 Å². The van der Waals surface area contributed by atoms with E-state index in [0.29, 0.717) is 5.82 Å². The number of benzene rings is 11. The van der Waals surface area contributed by atoms with Gasteiger partial charge < -0.3 is 0 Å². The fourth-order valence-corrected chi connectivity index (χ4v) is 9.96. The average Bonchev–Trinajstić information content (AvgIpc) is 3.30. The van der Waals surface area contributed by atoms with E-state index >= 15 is 0 Å². The Labute approximate surface area is 333 Å². The smallest absolute Gasteiger partial charge is 0.160 e. The van der Waals surface area contributed by atoms with E-state index in [2.05, 4.69) is 188 Å². The summed E-state index contributed by atoms with van der Waals surface area (Å²) >= 11 is 0. The molecule has 0 aliphatic heterocycles. The van der Waals surface area contributed by atoms with Gasteiger partial charge in [0, 0.05) is 16.7 Å². The lowest BCUT2D eigenvalue weighted by molar-refractivity contribution is 1.18. The molecule has 266 valence electrons. The van der Waals surface area contributed by atoms with Crippen LogP contribution in [0, 0.1) is 0 Å². The first-order valence-electron chi connectivity index (χ1n) is 20.0. The molecule has 1 heterocycles. The zero-order chi connectivity index (χ0) is 37.9. The van der Waals surface area contributed by atoms with Gasteiger partial charge in [0.25, 0.3) is 0 Å². The van der Waals surface area contributed by atoms with Gasteiger partial charge in [0.2, 0.25) is 0 Å². The maximum absolute atomic E-state index is 5.37. The van der Waals surface area contributed by atoms with Gasteiger partial charge in [-0.2, -0.15) is 0 Å². The molecule has 2 heteroatoms. The van der Waals surface area contributed by atoms with Gasteiger partial charge in [0.05, 0.1) is 11.4 Å². The summed E-state index contributed by atoms with van der Waals surface area (Å²) in [5.41, 5.74) is 4.91. The van der Waals surface area contributed by atoms with Crippen molar-refractivity contribution in [3.8, 4) is 33.9 Å². The minimum atomic E-state index is 0.709. The van der Waals surface area contributed by atoms with Crippen molar-refractivity contribution < 1.29 is 0 Å². The Balaban J connectivity index is 1.14. The maximum atomic E-state index is 5.37. The Bertz CT molecular complexity index is 3800. The van der Waals surface area contributed by atoms with Crippen LogP contribution < -0.4 is 0 Å². The van der Waals surface area contributed by atoms with Crippen LogP contribution in [0.1, 0.15) is 0 Å². The minimum Gasteiger partial charge on any atom is -0.228 e. The van der Waals surface area contributed by atoms with Crippen LogP contribution in [0.5, 0.6) is 0 Å². The number of fused-ring (bicyclic) bond motifs is 8. The molecule has 58 heavy (non-hydrogen) atoms. The molecule has 1 aromatic heterocycles. The van der Waals surface area contributed by atoms with Crippen molar-refractivity contribution in [3.05, 3.63) is 194 Å². The molecule has 12 aromatic carbocycles. The van der Waals surface area contributed by atoms with Gasteiger partial charge in [-0.3, -0.25) is 0 Å². The third kappa shape index (κ3) is 4.48. The normalized spacial score (nSPS) is 12.1. The van der Waals surface area contributed by atoms with E-state index in [1.807, 2.05) is 6.07 Å². The van der Waals surface area contributed by atoms with Crippen LogP contribution in [0.25, 0.3) is 131 Å². The maximum Gasteiger partial charge on any atom is 0.160 e. The Morgan fingerprint density at radius 2 is 0.655 bits per heavy atom. The summed E-state index contributed by atoms with van der Waals surface area (Å²) in [7, 11) is 0. The summed E-state index contributed by atoms with van der Waals surface area (Å²) in [6.45, 7) is 0. The van der Waals surface area contributed by atoms with Gasteiger partial charge >= 0.3 is 0 Å². The fourth-order valence-electron chi connectivity index (χ4n) is 9.96. The highest BCUT2D eigenvalue weighted by molar-refractivity contribution is 6.37. The minimum absolute atomic E-state index is 0.709. The number of nitrogens with zero attached hydrogens (tertiary/aromatic N) is 2. The third-order valence-corrected chi connectivity index (χ3v) is 12.5. The first-order valence-corrected chi connectivity index (χ1v) is 20.0. The van der Waals surface area contributed by atoms with Crippen molar-refractivity contribution in [2.45, 2.75) is 0 Å². The van der Waals surface area contributed by atoms with Gasteiger partial charge in [-0.05, 0) is 121 Å². The molecule has 0 fully saturated rings. The number of rotatable bonds is 3. The zero-order valence-corrected chi connectivity index (χ0v) is 31.4. The van der Waals surface area contributed by atoms with Crippen LogP contribution in [-0.2, 0) is 0 Å². The first-order chi connectivity index (χ1) is 28.7. The highest BCUT2D eigenvalue weighted by atomic mass is 14.9. The molecule has 13 aromatic rings. The lowest BCUT2D eigenvalue weighted by Crippen LogP contribution is -1.96. The monoisotopic (exact) mass is 732 g/mol. The average molecular weight is 733 g/mol. The van der Waals surface area contributed by atoms with E-state index in [4.69, 9.17) is 9.97 Å². The molecule has 0 aliphatic rings. The van der Waals surface area contributed by atoms with Gasteiger partial charge in [0.15, 0.2) is 5.82 Å². The van der Waals surface area contributed by atoms with E-state index in [9.17, 15) is 0 Å². The SMILES string of the molecule is c1ccc(-c2nc(-c3ccc4c5ccccc5c5ccccc5c4c3)cc(-c3cc4ccc5cccc6c7cccc8ccc9cccc(c(c3)c4c56)c9c87)n2)cc1. The third-order valence-electron chi connectivity index (χ3n) is 12.5. The second-order valence-electron chi connectivity index (χ2n) is 15.6. The second kappa shape index (κ2) is 11.9. The van der Waals surface area contributed by atoms with E-state index in [-0.39, 0.29) is 0 Å². The predicted molar refractivity (Wildman–Crippen MR) is 247 cm³/mol. The highest BCUT2D eigenvalue weighted by Gasteiger charge is 2.18.